The normalized spacial score (nSPS) is 11.1. The van der Waals surface area contributed by atoms with Crippen LogP contribution < -0.4 is 5.32 Å². The third kappa shape index (κ3) is 8.72. The summed E-state index contributed by atoms with van der Waals surface area (Å²) in [5.74, 6) is 0. The van der Waals surface area contributed by atoms with Gasteiger partial charge in [-0.05, 0) is 31.5 Å². The van der Waals surface area contributed by atoms with E-state index in [0.29, 0.717) is 0 Å². The van der Waals surface area contributed by atoms with Gasteiger partial charge in [-0.1, -0.05) is 46.0 Å². The van der Waals surface area contributed by atoms with Crippen molar-refractivity contribution in [3.8, 4) is 0 Å². The van der Waals surface area contributed by atoms with Crippen LogP contribution in [-0.2, 0) is 17.9 Å². The first kappa shape index (κ1) is 17.7. The van der Waals surface area contributed by atoms with Gasteiger partial charge in [0.25, 0.3) is 0 Å². The number of ether oxygens (including phenoxy) is 1. The Hall–Kier alpha value is -0.380. The van der Waals surface area contributed by atoms with Crippen LogP contribution >= 0.6 is 11.3 Å². The van der Waals surface area contributed by atoms with Crippen LogP contribution in [0.3, 0.4) is 0 Å². The monoisotopic (exact) mass is 297 g/mol. The van der Waals surface area contributed by atoms with E-state index in [9.17, 15) is 0 Å². The summed E-state index contributed by atoms with van der Waals surface area (Å²) in [5.41, 5.74) is 0. The Morgan fingerprint density at radius 3 is 2.50 bits per heavy atom. The predicted molar refractivity (Wildman–Crippen MR) is 89.3 cm³/mol. The summed E-state index contributed by atoms with van der Waals surface area (Å²) in [5, 5.41) is 3.43. The van der Waals surface area contributed by atoms with Crippen LogP contribution in [0.2, 0.25) is 0 Å². The Kier molecular flexibility index (Phi) is 10.9. The molecule has 0 amide bonds. The lowest BCUT2D eigenvalue weighted by Gasteiger charge is -2.03. The van der Waals surface area contributed by atoms with E-state index in [2.05, 4.69) is 31.3 Å². The maximum Gasteiger partial charge on any atom is 0.0809 e. The molecule has 0 saturated heterocycles. The molecule has 0 aliphatic rings. The molecule has 3 heteroatoms. The lowest BCUT2D eigenvalue weighted by molar-refractivity contribution is 0.119. The van der Waals surface area contributed by atoms with Crippen molar-refractivity contribution in [3.05, 3.63) is 21.9 Å². The van der Waals surface area contributed by atoms with E-state index in [1.54, 1.807) is 0 Å². The van der Waals surface area contributed by atoms with Gasteiger partial charge in [0.2, 0.25) is 0 Å². The zero-order chi connectivity index (χ0) is 14.5. The van der Waals surface area contributed by atoms with E-state index < -0.39 is 0 Å². The number of rotatable bonds is 13. The van der Waals surface area contributed by atoms with Crippen molar-refractivity contribution in [2.24, 2.45) is 0 Å². The van der Waals surface area contributed by atoms with E-state index in [1.807, 2.05) is 11.3 Å². The Morgan fingerprint density at radius 2 is 1.70 bits per heavy atom. The fourth-order valence-electron chi connectivity index (χ4n) is 2.14. The molecule has 0 unspecified atom stereocenters. The molecule has 1 aromatic heterocycles. The van der Waals surface area contributed by atoms with Gasteiger partial charge in [0, 0.05) is 22.9 Å². The minimum Gasteiger partial charge on any atom is -0.376 e. The van der Waals surface area contributed by atoms with E-state index in [4.69, 9.17) is 4.74 Å². The number of unbranched alkanes of at least 4 members (excludes halogenated alkanes) is 5. The van der Waals surface area contributed by atoms with Crippen molar-refractivity contribution in [2.45, 2.75) is 71.9 Å². The lowest BCUT2D eigenvalue weighted by atomic mass is 10.1. The molecule has 0 aromatic carbocycles. The molecule has 0 aliphatic carbocycles. The first-order valence-corrected chi connectivity index (χ1v) is 9.04. The maximum atomic E-state index is 5.76. The van der Waals surface area contributed by atoms with Gasteiger partial charge in [0.1, 0.15) is 0 Å². The molecule has 20 heavy (non-hydrogen) atoms. The Balaban J connectivity index is 1.99. The fourth-order valence-corrected chi connectivity index (χ4v) is 3.07. The Bertz CT molecular complexity index is 325. The number of hydrogen-bond donors (Lipinski definition) is 1. The van der Waals surface area contributed by atoms with E-state index >= 15 is 0 Å². The van der Waals surface area contributed by atoms with Crippen molar-refractivity contribution in [1.82, 2.24) is 5.32 Å². The van der Waals surface area contributed by atoms with Gasteiger partial charge in [-0.15, -0.1) is 11.3 Å². The zero-order valence-electron chi connectivity index (χ0n) is 13.2. The second-order valence-corrected chi connectivity index (χ2v) is 6.62. The summed E-state index contributed by atoms with van der Waals surface area (Å²) in [6.07, 6.45) is 9.17. The molecule has 0 fully saturated rings. The first-order chi connectivity index (χ1) is 9.86. The maximum absolute atomic E-state index is 5.76. The van der Waals surface area contributed by atoms with Gasteiger partial charge in [0.15, 0.2) is 0 Å². The minimum absolute atomic E-state index is 0.785. The highest BCUT2D eigenvalue weighted by molar-refractivity contribution is 7.11. The van der Waals surface area contributed by atoms with Crippen LogP contribution in [-0.4, -0.2) is 13.2 Å². The van der Waals surface area contributed by atoms with Crippen LogP contribution in [0.25, 0.3) is 0 Å². The molecule has 116 valence electrons. The van der Waals surface area contributed by atoms with Crippen molar-refractivity contribution in [1.29, 1.82) is 0 Å². The average molecular weight is 298 g/mol. The number of hydrogen-bond acceptors (Lipinski definition) is 3. The van der Waals surface area contributed by atoms with Crippen molar-refractivity contribution in [3.63, 3.8) is 0 Å². The van der Waals surface area contributed by atoms with Gasteiger partial charge in [-0.2, -0.15) is 0 Å². The molecule has 1 aromatic rings. The predicted octanol–water partition coefficient (Wildman–Crippen LogP) is 5.12. The van der Waals surface area contributed by atoms with Crippen LogP contribution in [0, 0.1) is 0 Å². The third-order valence-corrected chi connectivity index (χ3v) is 4.39. The van der Waals surface area contributed by atoms with Gasteiger partial charge in [0.05, 0.1) is 6.61 Å². The standard InChI is InChI=1S/C17H31NOS/c1-3-5-6-7-8-9-13-19-15-17-11-10-16(20-17)14-18-12-4-2/h10-11,18H,3-9,12-15H2,1-2H3. The number of nitrogens with one attached hydrogen (secondary N) is 1. The van der Waals surface area contributed by atoms with Crippen LogP contribution in [0.4, 0.5) is 0 Å². The summed E-state index contributed by atoms with van der Waals surface area (Å²) >= 11 is 1.87. The molecule has 0 atom stereocenters. The fraction of sp³-hybridized carbons (Fsp3) is 0.765. The van der Waals surface area contributed by atoms with Crippen molar-refractivity contribution in [2.75, 3.05) is 13.2 Å². The van der Waals surface area contributed by atoms with Gasteiger partial charge in [-0.25, -0.2) is 0 Å². The minimum atomic E-state index is 0.785. The van der Waals surface area contributed by atoms with E-state index in [1.165, 1.54) is 54.7 Å². The van der Waals surface area contributed by atoms with Gasteiger partial charge >= 0.3 is 0 Å². The zero-order valence-corrected chi connectivity index (χ0v) is 14.1. The molecule has 0 spiro atoms. The molecule has 2 nitrogen and oxygen atoms in total. The summed E-state index contributed by atoms with van der Waals surface area (Å²) < 4.78 is 5.76. The first-order valence-electron chi connectivity index (χ1n) is 8.22. The molecular weight excluding hydrogens is 266 g/mol. The summed E-state index contributed by atoms with van der Waals surface area (Å²) in [6, 6.07) is 4.42. The number of thiophene rings is 1. The molecule has 0 bridgehead atoms. The molecule has 1 heterocycles. The van der Waals surface area contributed by atoms with Gasteiger partial charge in [-0.3, -0.25) is 0 Å². The van der Waals surface area contributed by atoms with Crippen LogP contribution in [0.15, 0.2) is 12.1 Å². The largest absolute Gasteiger partial charge is 0.376 e. The summed E-state index contributed by atoms with van der Waals surface area (Å²) in [7, 11) is 0. The SMILES string of the molecule is CCCCCCCCOCc1ccc(CNCCC)s1. The highest BCUT2D eigenvalue weighted by atomic mass is 32.1. The topological polar surface area (TPSA) is 21.3 Å². The van der Waals surface area contributed by atoms with E-state index in [0.717, 1.165) is 26.3 Å². The molecule has 0 radical (unpaired) electrons. The Morgan fingerprint density at radius 1 is 0.950 bits per heavy atom. The third-order valence-electron chi connectivity index (χ3n) is 3.33. The summed E-state index contributed by atoms with van der Waals surface area (Å²) in [4.78, 5) is 2.76. The second kappa shape index (κ2) is 12.4. The lowest BCUT2D eigenvalue weighted by Crippen LogP contribution is -2.12. The highest BCUT2D eigenvalue weighted by Gasteiger charge is 2.00. The van der Waals surface area contributed by atoms with Gasteiger partial charge < -0.3 is 10.1 Å². The van der Waals surface area contributed by atoms with Crippen LogP contribution in [0.1, 0.15) is 68.5 Å². The average Bonchev–Trinajstić information content (AvgIpc) is 2.90. The van der Waals surface area contributed by atoms with E-state index in [-0.39, 0.29) is 0 Å². The summed E-state index contributed by atoms with van der Waals surface area (Å²) in [6.45, 7) is 8.25. The quantitative estimate of drug-likeness (QED) is 0.510. The smallest absolute Gasteiger partial charge is 0.0809 e. The van der Waals surface area contributed by atoms with Crippen molar-refractivity contribution >= 4 is 11.3 Å². The van der Waals surface area contributed by atoms with Crippen LogP contribution in [0.5, 0.6) is 0 Å². The second-order valence-electron chi connectivity index (χ2n) is 5.37. The molecular formula is C17H31NOS. The molecule has 1 rings (SSSR count). The molecule has 1 N–H and O–H groups in total. The Labute approximate surface area is 128 Å². The molecule has 0 saturated carbocycles. The highest BCUT2D eigenvalue weighted by Crippen LogP contribution is 2.17. The van der Waals surface area contributed by atoms with Crippen molar-refractivity contribution < 1.29 is 4.74 Å². The molecule has 0 aliphatic heterocycles.